The number of carboxylic acid groups (broad SMARTS) is 1. The summed E-state index contributed by atoms with van der Waals surface area (Å²) in [6.07, 6.45) is 44.5. The zero-order valence-electron chi connectivity index (χ0n) is 37.1. The summed E-state index contributed by atoms with van der Waals surface area (Å²) in [4.78, 5) is 36.8. The van der Waals surface area contributed by atoms with Gasteiger partial charge in [-0.05, 0) is 51.4 Å². The number of allylic oxidation sites excluding steroid dienone is 6. The maximum absolute atomic E-state index is 12.7. The summed E-state index contributed by atoms with van der Waals surface area (Å²) in [7, 11) is 5.41. The second kappa shape index (κ2) is 39.4. The topological polar surface area (TPSA) is 102 Å². The molecule has 0 saturated heterocycles. The quantitative estimate of drug-likeness (QED) is 0.0263. The molecule has 8 nitrogen and oxygen atoms in total. The molecular weight excluding hydrogens is 703 g/mol. The van der Waals surface area contributed by atoms with E-state index in [9.17, 15) is 19.5 Å². The van der Waals surface area contributed by atoms with Gasteiger partial charge in [0, 0.05) is 19.3 Å². The third-order valence-electron chi connectivity index (χ3n) is 10.3. The molecule has 0 aliphatic rings. The zero-order chi connectivity index (χ0) is 41.4. The Morgan fingerprint density at radius 3 is 1.43 bits per heavy atom. The van der Waals surface area contributed by atoms with Crippen molar-refractivity contribution < 1.29 is 38.2 Å². The van der Waals surface area contributed by atoms with Crippen molar-refractivity contribution in [1.29, 1.82) is 0 Å². The number of hydrogen-bond donors (Lipinski definition) is 0. The van der Waals surface area contributed by atoms with Crippen LogP contribution in [0.25, 0.3) is 0 Å². The molecule has 0 N–H and O–H groups in total. The van der Waals surface area contributed by atoms with Crippen molar-refractivity contribution in [3.05, 3.63) is 36.5 Å². The Hall–Kier alpha value is -2.45. The fourth-order valence-corrected chi connectivity index (χ4v) is 6.67. The van der Waals surface area contributed by atoms with E-state index in [0.717, 1.165) is 51.4 Å². The number of ether oxygens (including phenoxy) is 3. The van der Waals surface area contributed by atoms with Gasteiger partial charge in [-0.1, -0.05) is 166 Å². The van der Waals surface area contributed by atoms with Crippen molar-refractivity contribution >= 4 is 17.9 Å². The van der Waals surface area contributed by atoms with Crippen molar-refractivity contribution in [2.45, 2.75) is 212 Å². The van der Waals surface area contributed by atoms with Gasteiger partial charge in [0.2, 0.25) is 0 Å². The minimum Gasteiger partial charge on any atom is -0.544 e. The van der Waals surface area contributed by atoms with Crippen LogP contribution in [0.3, 0.4) is 0 Å². The molecule has 326 valence electrons. The Morgan fingerprint density at radius 2 is 0.946 bits per heavy atom. The van der Waals surface area contributed by atoms with Crippen LogP contribution >= 0.6 is 0 Å². The highest BCUT2D eigenvalue weighted by Gasteiger charge is 2.25. The number of rotatable bonds is 41. The molecule has 0 fully saturated rings. The minimum absolute atomic E-state index is 0.0415. The number of carbonyl (C=O) groups excluding carboxylic acids is 3. The molecular formula is C48H87NO7. The lowest BCUT2D eigenvalue weighted by Crippen LogP contribution is -2.55. The number of quaternary nitrogens is 1. The van der Waals surface area contributed by atoms with E-state index in [1.54, 1.807) is 21.1 Å². The number of carboxylic acids is 1. The predicted octanol–water partition coefficient (Wildman–Crippen LogP) is 11.3. The molecule has 0 amide bonds. The molecule has 0 rings (SSSR count). The van der Waals surface area contributed by atoms with Crippen LogP contribution in [0.4, 0.5) is 0 Å². The first-order valence-corrected chi connectivity index (χ1v) is 23.0. The zero-order valence-corrected chi connectivity index (χ0v) is 37.1. The van der Waals surface area contributed by atoms with Gasteiger partial charge in [0.05, 0.1) is 40.3 Å². The first-order chi connectivity index (χ1) is 27.1. The Bertz CT molecular complexity index is 1020. The summed E-state index contributed by atoms with van der Waals surface area (Å²) in [6.45, 7) is 4.62. The Kier molecular flexibility index (Phi) is 37.7. The summed E-state index contributed by atoms with van der Waals surface area (Å²) in [6, 6.07) is -0.724. The van der Waals surface area contributed by atoms with Gasteiger partial charge in [-0.2, -0.15) is 0 Å². The molecule has 0 aliphatic heterocycles. The van der Waals surface area contributed by atoms with Gasteiger partial charge in [0.1, 0.15) is 12.6 Å². The van der Waals surface area contributed by atoms with Gasteiger partial charge in [-0.3, -0.25) is 9.59 Å². The normalized spacial score (nSPS) is 13.2. The van der Waals surface area contributed by atoms with Crippen LogP contribution in [0, 0.1) is 0 Å². The Morgan fingerprint density at radius 1 is 0.536 bits per heavy atom. The van der Waals surface area contributed by atoms with Crippen molar-refractivity contribution in [3.63, 3.8) is 0 Å². The van der Waals surface area contributed by atoms with E-state index in [1.807, 2.05) is 0 Å². The summed E-state index contributed by atoms with van der Waals surface area (Å²) in [5, 5.41) is 11.6. The standard InChI is InChI=1S/C48H87NO7/c1-6-8-10-12-14-16-18-19-20-21-22-23-24-25-26-27-28-29-31-32-34-36-38-46(50)55-43-44(42-54-41-40-45(48(52)53)49(3,4)5)56-47(51)39-37-35-33-30-17-15-13-11-9-7-2/h14,16,19-20,22-23,44-45H,6-13,15,17-18,21,24-43H2,1-5H3/b16-14+,20-19+,23-22+. The number of carbonyl (C=O) groups is 3. The largest absolute Gasteiger partial charge is 0.544 e. The van der Waals surface area contributed by atoms with Crippen LogP contribution in [-0.4, -0.2) is 75.5 Å². The first kappa shape index (κ1) is 53.6. The molecule has 0 heterocycles. The van der Waals surface area contributed by atoms with Crippen molar-refractivity contribution in [2.75, 3.05) is 41.0 Å². The number of hydrogen-bond acceptors (Lipinski definition) is 7. The average molecular weight is 790 g/mol. The second-order valence-electron chi connectivity index (χ2n) is 16.6. The first-order valence-electron chi connectivity index (χ1n) is 23.0. The Labute approximate surface area is 344 Å². The average Bonchev–Trinajstić information content (AvgIpc) is 3.15. The van der Waals surface area contributed by atoms with Crippen LogP contribution in [0.5, 0.6) is 0 Å². The van der Waals surface area contributed by atoms with Crippen molar-refractivity contribution in [2.24, 2.45) is 0 Å². The molecule has 0 aromatic carbocycles. The summed E-state index contributed by atoms with van der Waals surface area (Å²) in [5.41, 5.74) is 0. The fourth-order valence-electron chi connectivity index (χ4n) is 6.67. The molecule has 0 saturated carbocycles. The van der Waals surface area contributed by atoms with Crippen LogP contribution < -0.4 is 5.11 Å². The van der Waals surface area contributed by atoms with Crippen molar-refractivity contribution in [3.8, 4) is 0 Å². The van der Waals surface area contributed by atoms with Gasteiger partial charge in [-0.15, -0.1) is 0 Å². The monoisotopic (exact) mass is 790 g/mol. The molecule has 8 heteroatoms. The van der Waals surface area contributed by atoms with E-state index >= 15 is 0 Å². The van der Waals surface area contributed by atoms with Crippen LogP contribution in [0.2, 0.25) is 0 Å². The lowest BCUT2D eigenvalue weighted by molar-refractivity contribution is -0.889. The number of likely N-dealkylation sites (N-methyl/N-ethyl adjacent to an activating group) is 1. The lowest BCUT2D eigenvalue weighted by Gasteiger charge is -2.34. The van der Waals surface area contributed by atoms with Gasteiger partial charge in [-0.25, -0.2) is 0 Å². The van der Waals surface area contributed by atoms with Gasteiger partial charge in [0.15, 0.2) is 6.10 Å². The molecule has 0 aromatic heterocycles. The van der Waals surface area contributed by atoms with Crippen LogP contribution in [0.15, 0.2) is 36.5 Å². The second-order valence-corrected chi connectivity index (χ2v) is 16.6. The summed E-state index contributed by atoms with van der Waals surface area (Å²) in [5.74, 6) is -1.74. The molecule has 2 unspecified atom stereocenters. The van der Waals surface area contributed by atoms with E-state index in [0.29, 0.717) is 12.8 Å². The smallest absolute Gasteiger partial charge is 0.306 e. The van der Waals surface area contributed by atoms with Crippen molar-refractivity contribution in [1.82, 2.24) is 0 Å². The highest BCUT2D eigenvalue weighted by atomic mass is 16.6. The fraction of sp³-hybridized carbons (Fsp3) is 0.812. The molecule has 0 radical (unpaired) electrons. The maximum atomic E-state index is 12.7. The van der Waals surface area contributed by atoms with E-state index in [-0.39, 0.29) is 42.7 Å². The van der Waals surface area contributed by atoms with E-state index < -0.39 is 18.1 Å². The minimum atomic E-state index is -1.13. The highest BCUT2D eigenvalue weighted by Crippen LogP contribution is 2.14. The molecule has 0 bridgehead atoms. The van der Waals surface area contributed by atoms with E-state index in [1.165, 1.54) is 116 Å². The summed E-state index contributed by atoms with van der Waals surface area (Å²) < 4.78 is 17.2. The number of nitrogens with zero attached hydrogens (tertiary/aromatic N) is 1. The van der Waals surface area contributed by atoms with Gasteiger partial charge in [0.25, 0.3) is 0 Å². The van der Waals surface area contributed by atoms with E-state index in [4.69, 9.17) is 14.2 Å². The lowest BCUT2D eigenvalue weighted by atomic mass is 10.1. The Balaban J connectivity index is 4.21. The number of aliphatic carboxylic acids is 1. The maximum Gasteiger partial charge on any atom is 0.306 e. The molecule has 0 aliphatic carbocycles. The van der Waals surface area contributed by atoms with Gasteiger partial charge < -0.3 is 28.6 Å². The summed E-state index contributed by atoms with van der Waals surface area (Å²) >= 11 is 0. The van der Waals surface area contributed by atoms with E-state index in [2.05, 4.69) is 50.3 Å². The predicted molar refractivity (Wildman–Crippen MR) is 231 cm³/mol. The molecule has 0 aromatic rings. The van der Waals surface area contributed by atoms with Crippen LogP contribution in [0.1, 0.15) is 200 Å². The SMILES string of the molecule is CCCCC/C=C/C/C=C/C/C=C/CCCCCCCCCCCC(=O)OCC(COCCC(C(=O)[O-])[N+](C)(C)C)OC(=O)CCCCCCCCCCCC. The third kappa shape index (κ3) is 37.1. The number of unbranched alkanes of at least 4 members (excludes halogenated alkanes) is 21. The highest BCUT2D eigenvalue weighted by molar-refractivity contribution is 5.70. The van der Waals surface area contributed by atoms with Crippen LogP contribution in [-0.2, 0) is 28.6 Å². The van der Waals surface area contributed by atoms with Gasteiger partial charge >= 0.3 is 11.9 Å². The molecule has 2 atom stereocenters. The molecule has 0 spiro atoms. The number of esters is 2. The third-order valence-corrected chi connectivity index (χ3v) is 10.3. The molecule has 56 heavy (non-hydrogen) atoms.